The molecule has 4 nitrogen and oxygen atoms in total. The van der Waals surface area contributed by atoms with Crippen LogP contribution in [0.4, 0.5) is 11.4 Å². The Morgan fingerprint density at radius 1 is 0.769 bits per heavy atom. The monoisotopic (exact) mass is 350 g/mol. The molecular formula is C22H26N2O2. The summed E-state index contributed by atoms with van der Waals surface area (Å²) in [6.07, 6.45) is 1.17. The molecule has 2 amide bonds. The Morgan fingerprint density at radius 3 is 1.88 bits per heavy atom. The van der Waals surface area contributed by atoms with Gasteiger partial charge in [0.05, 0.1) is 0 Å². The average Bonchev–Trinajstić information content (AvgIpc) is 3.36. The predicted molar refractivity (Wildman–Crippen MR) is 105 cm³/mol. The third kappa shape index (κ3) is 3.36. The van der Waals surface area contributed by atoms with Crippen molar-refractivity contribution in [3.63, 3.8) is 0 Å². The highest BCUT2D eigenvalue weighted by molar-refractivity contribution is 6.17. The Bertz CT molecular complexity index is 872. The van der Waals surface area contributed by atoms with E-state index in [0.717, 1.165) is 33.6 Å². The molecule has 26 heavy (non-hydrogen) atoms. The average molecular weight is 350 g/mol. The lowest BCUT2D eigenvalue weighted by Crippen LogP contribution is -2.36. The van der Waals surface area contributed by atoms with Crippen LogP contribution in [-0.4, -0.2) is 11.8 Å². The minimum absolute atomic E-state index is 0.214. The maximum Gasteiger partial charge on any atom is 0.240 e. The van der Waals surface area contributed by atoms with E-state index in [1.54, 1.807) is 0 Å². The molecule has 0 radical (unpaired) electrons. The van der Waals surface area contributed by atoms with Crippen molar-refractivity contribution < 1.29 is 9.59 Å². The predicted octanol–water partition coefficient (Wildman–Crippen LogP) is 4.59. The molecule has 1 fully saturated rings. The highest BCUT2D eigenvalue weighted by Crippen LogP contribution is 2.47. The van der Waals surface area contributed by atoms with Gasteiger partial charge in [0, 0.05) is 11.4 Å². The SMILES string of the molecule is Cc1cc(C)c(NC(=O)C2(C(=O)Nc3ccc(C)c(C)c3)CC2)c(C)c1. The van der Waals surface area contributed by atoms with Crippen molar-refractivity contribution in [2.75, 3.05) is 10.6 Å². The summed E-state index contributed by atoms with van der Waals surface area (Å²) in [5, 5.41) is 5.91. The van der Waals surface area contributed by atoms with Gasteiger partial charge in [-0.25, -0.2) is 0 Å². The van der Waals surface area contributed by atoms with E-state index in [-0.39, 0.29) is 11.8 Å². The van der Waals surface area contributed by atoms with Crippen molar-refractivity contribution in [3.05, 3.63) is 58.1 Å². The van der Waals surface area contributed by atoms with Gasteiger partial charge in [0.1, 0.15) is 5.41 Å². The molecule has 0 atom stereocenters. The number of hydrogen-bond donors (Lipinski definition) is 2. The van der Waals surface area contributed by atoms with Crippen LogP contribution in [-0.2, 0) is 9.59 Å². The highest BCUT2D eigenvalue weighted by atomic mass is 16.2. The van der Waals surface area contributed by atoms with Gasteiger partial charge < -0.3 is 10.6 Å². The molecule has 0 saturated heterocycles. The first-order chi connectivity index (χ1) is 12.2. The Balaban J connectivity index is 1.76. The van der Waals surface area contributed by atoms with Crippen LogP contribution < -0.4 is 10.6 Å². The first-order valence-electron chi connectivity index (χ1n) is 9.01. The molecule has 0 unspecified atom stereocenters. The number of benzene rings is 2. The van der Waals surface area contributed by atoms with Gasteiger partial charge in [0.25, 0.3) is 0 Å². The zero-order valence-corrected chi connectivity index (χ0v) is 16.1. The number of carbonyl (C=O) groups excluding carboxylic acids is 2. The van der Waals surface area contributed by atoms with E-state index in [0.29, 0.717) is 12.8 Å². The first kappa shape index (κ1) is 18.2. The van der Waals surface area contributed by atoms with Crippen LogP contribution >= 0.6 is 0 Å². The fraction of sp³-hybridized carbons (Fsp3) is 0.364. The maximum absolute atomic E-state index is 12.9. The van der Waals surface area contributed by atoms with Crippen molar-refractivity contribution in [1.29, 1.82) is 0 Å². The Kier molecular flexibility index (Phi) is 4.61. The molecule has 0 aliphatic heterocycles. The lowest BCUT2D eigenvalue weighted by atomic mass is 10.0. The summed E-state index contributed by atoms with van der Waals surface area (Å²) in [5.74, 6) is -0.436. The highest BCUT2D eigenvalue weighted by Gasteiger charge is 2.56. The number of aryl methyl sites for hydroxylation is 5. The van der Waals surface area contributed by atoms with Crippen molar-refractivity contribution in [1.82, 2.24) is 0 Å². The zero-order chi connectivity index (χ0) is 19.1. The van der Waals surface area contributed by atoms with Crippen LogP contribution in [0.1, 0.15) is 40.7 Å². The largest absolute Gasteiger partial charge is 0.325 e. The molecule has 0 bridgehead atoms. The maximum atomic E-state index is 12.9. The van der Waals surface area contributed by atoms with Crippen LogP contribution in [0.25, 0.3) is 0 Å². The van der Waals surface area contributed by atoms with Gasteiger partial charge in [-0.15, -0.1) is 0 Å². The molecule has 4 heteroatoms. The minimum atomic E-state index is -0.956. The minimum Gasteiger partial charge on any atom is -0.325 e. The Labute approximate surface area is 155 Å². The number of amides is 2. The fourth-order valence-electron chi connectivity index (χ4n) is 3.36. The second kappa shape index (κ2) is 6.60. The lowest BCUT2D eigenvalue weighted by molar-refractivity contribution is -0.131. The number of rotatable bonds is 4. The summed E-state index contributed by atoms with van der Waals surface area (Å²) >= 11 is 0. The standard InChI is InChI=1S/C22H26N2O2/c1-13-10-16(4)19(17(5)11-13)24-21(26)22(8-9-22)20(25)23-18-7-6-14(2)15(3)12-18/h6-7,10-12H,8-9H2,1-5H3,(H,23,25)(H,24,26). The van der Waals surface area contributed by atoms with Crippen molar-refractivity contribution in [2.45, 2.75) is 47.5 Å². The van der Waals surface area contributed by atoms with Gasteiger partial charge >= 0.3 is 0 Å². The Hall–Kier alpha value is -2.62. The molecule has 2 N–H and O–H groups in total. The van der Waals surface area contributed by atoms with Crippen LogP contribution in [0.2, 0.25) is 0 Å². The van der Waals surface area contributed by atoms with Crippen LogP contribution in [0.5, 0.6) is 0 Å². The van der Waals surface area contributed by atoms with E-state index in [1.807, 2.05) is 65.0 Å². The summed E-state index contributed by atoms with van der Waals surface area (Å²) < 4.78 is 0. The topological polar surface area (TPSA) is 58.2 Å². The summed E-state index contributed by atoms with van der Waals surface area (Å²) in [5.41, 5.74) is 6.07. The zero-order valence-electron chi connectivity index (χ0n) is 16.1. The first-order valence-corrected chi connectivity index (χ1v) is 9.01. The van der Waals surface area contributed by atoms with Gasteiger partial charge in [-0.2, -0.15) is 0 Å². The molecule has 0 aromatic heterocycles. The Morgan fingerprint density at radius 2 is 1.35 bits per heavy atom. The van der Waals surface area contributed by atoms with E-state index in [2.05, 4.69) is 10.6 Å². The summed E-state index contributed by atoms with van der Waals surface area (Å²) in [6.45, 7) is 10.0. The summed E-state index contributed by atoms with van der Waals surface area (Å²) in [7, 11) is 0. The van der Waals surface area contributed by atoms with Crippen LogP contribution in [0, 0.1) is 40.0 Å². The molecule has 1 aliphatic rings. The van der Waals surface area contributed by atoms with Crippen molar-refractivity contribution >= 4 is 23.2 Å². The van der Waals surface area contributed by atoms with Gasteiger partial charge in [0.15, 0.2) is 0 Å². The summed E-state index contributed by atoms with van der Waals surface area (Å²) in [4.78, 5) is 25.6. The lowest BCUT2D eigenvalue weighted by Gasteiger charge is -2.18. The van der Waals surface area contributed by atoms with E-state index >= 15 is 0 Å². The summed E-state index contributed by atoms with van der Waals surface area (Å²) in [6, 6.07) is 9.87. The molecule has 1 saturated carbocycles. The van der Waals surface area contributed by atoms with Gasteiger partial charge in [0.2, 0.25) is 11.8 Å². The second-order valence-corrected chi connectivity index (χ2v) is 7.56. The number of nitrogens with one attached hydrogen (secondary N) is 2. The van der Waals surface area contributed by atoms with E-state index < -0.39 is 5.41 Å². The molecule has 0 spiro atoms. The van der Waals surface area contributed by atoms with E-state index in [4.69, 9.17) is 0 Å². The number of hydrogen-bond acceptors (Lipinski definition) is 2. The van der Waals surface area contributed by atoms with Crippen LogP contribution in [0.15, 0.2) is 30.3 Å². The second-order valence-electron chi connectivity index (χ2n) is 7.56. The fourth-order valence-corrected chi connectivity index (χ4v) is 3.36. The van der Waals surface area contributed by atoms with Crippen molar-refractivity contribution in [2.24, 2.45) is 5.41 Å². The molecule has 1 aliphatic carbocycles. The van der Waals surface area contributed by atoms with Gasteiger partial charge in [-0.1, -0.05) is 23.8 Å². The third-order valence-corrected chi connectivity index (χ3v) is 5.30. The molecule has 3 rings (SSSR count). The van der Waals surface area contributed by atoms with Crippen LogP contribution in [0.3, 0.4) is 0 Å². The van der Waals surface area contributed by atoms with Gasteiger partial charge in [-0.05, 0) is 81.8 Å². The third-order valence-electron chi connectivity index (χ3n) is 5.30. The van der Waals surface area contributed by atoms with E-state index in [9.17, 15) is 9.59 Å². The molecule has 2 aromatic carbocycles. The van der Waals surface area contributed by atoms with Gasteiger partial charge in [-0.3, -0.25) is 9.59 Å². The number of anilines is 2. The number of carbonyl (C=O) groups is 2. The van der Waals surface area contributed by atoms with E-state index in [1.165, 1.54) is 5.56 Å². The molecule has 136 valence electrons. The normalized spacial score (nSPS) is 14.7. The van der Waals surface area contributed by atoms with Crippen molar-refractivity contribution in [3.8, 4) is 0 Å². The molecule has 2 aromatic rings. The molecular weight excluding hydrogens is 324 g/mol. The smallest absolute Gasteiger partial charge is 0.240 e. The quantitative estimate of drug-likeness (QED) is 0.793. The molecule has 0 heterocycles.